The summed E-state index contributed by atoms with van der Waals surface area (Å²) in [5.41, 5.74) is 1.27. The number of imidazole rings is 1. The summed E-state index contributed by atoms with van der Waals surface area (Å²) in [5, 5.41) is 2.24. The normalized spacial score (nSPS) is 12.4. The molecular weight excluding hydrogens is 214 g/mol. The summed E-state index contributed by atoms with van der Waals surface area (Å²) < 4.78 is 48.4. The van der Waals surface area contributed by atoms with Crippen LogP contribution in [0, 0.1) is 6.92 Å². The van der Waals surface area contributed by atoms with Gasteiger partial charge in [0.05, 0.1) is 18.6 Å². The third-order valence-electron chi connectivity index (χ3n) is 1.91. The molecule has 0 aliphatic rings. The molecule has 7 heteroatoms. The third kappa shape index (κ3) is 3.19. The molecule has 0 amide bonds. The van der Waals surface area contributed by atoms with Crippen LogP contribution in [0.5, 0.6) is 0 Å². The lowest BCUT2D eigenvalue weighted by Gasteiger charge is -2.15. The van der Waals surface area contributed by atoms with Crippen LogP contribution in [0.4, 0.5) is 17.6 Å². The van der Waals surface area contributed by atoms with Gasteiger partial charge >= 0.3 is 12.3 Å². The van der Waals surface area contributed by atoms with Gasteiger partial charge in [-0.25, -0.2) is 13.8 Å². The second-order valence-corrected chi connectivity index (χ2v) is 3.14. The molecule has 86 valence electrons. The molecule has 0 unspecified atom stereocenters. The lowest BCUT2D eigenvalue weighted by atomic mass is 10.3. The number of aromatic amines is 1. The van der Waals surface area contributed by atoms with Crippen LogP contribution in [0.2, 0.25) is 0 Å². The molecule has 1 aromatic rings. The Hall–Kier alpha value is -1.11. The van der Waals surface area contributed by atoms with Gasteiger partial charge in [-0.3, -0.25) is 0 Å². The van der Waals surface area contributed by atoms with Crippen molar-refractivity contribution in [3.63, 3.8) is 0 Å². The fraction of sp³-hybridized carbons (Fsp3) is 0.625. The van der Waals surface area contributed by atoms with E-state index < -0.39 is 18.9 Å². The highest BCUT2D eigenvalue weighted by Gasteiger charge is 2.39. The van der Waals surface area contributed by atoms with Crippen LogP contribution in [-0.2, 0) is 6.54 Å². The zero-order valence-corrected chi connectivity index (χ0v) is 8.03. The van der Waals surface area contributed by atoms with E-state index in [1.165, 1.54) is 6.33 Å². The number of hydrogen-bond donors (Lipinski definition) is 2. The lowest BCUT2D eigenvalue weighted by Crippen LogP contribution is -2.38. The largest absolute Gasteiger partial charge is 0.348 e. The van der Waals surface area contributed by atoms with E-state index in [0.717, 1.165) is 5.69 Å². The number of halogens is 4. The van der Waals surface area contributed by atoms with Gasteiger partial charge in [0.25, 0.3) is 0 Å². The summed E-state index contributed by atoms with van der Waals surface area (Å²) >= 11 is 0. The predicted molar refractivity (Wildman–Crippen MR) is 46.0 cm³/mol. The summed E-state index contributed by atoms with van der Waals surface area (Å²) in [6.07, 6.45) is -2.23. The number of aromatic nitrogens is 2. The zero-order valence-electron chi connectivity index (χ0n) is 8.03. The van der Waals surface area contributed by atoms with Crippen LogP contribution < -0.4 is 5.32 Å². The Labute approximate surface area is 83.9 Å². The fourth-order valence-electron chi connectivity index (χ4n) is 0.990. The van der Waals surface area contributed by atoms with E-state index >= 15 is 0 Å². The average molecular weight is 225 g/mol. The zero-order chi connectivity index (χ0) is 11.5. The topological polar surface area (TPSA) is 40.7 Å². The minimum Gasteiger partial charge on any atom is -0.348 e. The molecule has 0 aromatic carbocycles. The molecule has 15 heavy (non-hydrogen) atoms. The van der Waals surface area contributed by atoms with E-state index in [-0.39, 0.29) is 6.54 Å². The van der Waals surface area contributed by atoms with E-state index in [1.807, 2.05) is 0 Å². The second-order valence-electron chi connectivity index (χ2n) is 3.14. The van der Waals surface area contributed by atoms with Crippen LogP contribution in [-0.4, -0.2) is 28.9 Å². The van der Waals surface area contributed by atoms with Crippen molar-refractivity contribution >= 4 is 0 Å². The first-order chi connectivity index (χ1) is 6.93. The molecule has 1 heterocycles. The Morgan fingerprint density at radius 1 is 1.53 bits per heavy atom. The second kappa shape index (κ2) is 4.61. The van der Waals surface area contributed by atoms with Gasteiger partial charge in [0.2, 0.25) is 0 Å². The van der Waals surface area contributed by atoms with Gasteiger partial charge in [0.15, 0.2) is 0 Å². The summed E-state index contributed by atoms with van der Waals surface area (Å²) in [4.78, 5) is 6.58. The van der Waals surface area contributed by atoms with Crippen molar-refractivity contribution in [2.24, 2.45) is 0 Å². The molecule has 1 rings (SSSR count). The monoisotopic (exact) mass is 225 g/mol. The summed E-state index contributed by atoms with van der Waals surface area (Å²) in [6, 6.07) is 0. The molecule has 1 aromatic heterocycles. The Kier molecular flexibility index (Phi) is 3.67. The maximum Gasteiger partial charge on any atom is 0.319 e. The number of alkyl halides is 4. The number of H-pyrrole nitrogens is 1. The van der Waals surface area contributed by atoms with Crippen LogP contribution in [0.15, 0.2) is 6.33 Å². The van der Waals surface area contributed by atoms with Crippen LogP contribution >= 0.6 is 0 Å². The van der Waals surface area contributed by atoms with Gasteiger partial charge in [-0.15, -0.1) is 0 Å². The van der Waals surface area contributed by atoms with Crippen LogP contribution in [0.1, 0.15) is 11.4 Å². The van der Waals surface area contributed by atoms with Crippen LogP contribution in [0.3, 0.4) is 0 Å². The van der Waals surface area contributed by atoms with Crippen molar-refractivity contribution < 1.29 is 17.6 Å². The molecule has 2 N–H and O–H groups in total. The fourth-order valence-corrected chi connectivity index (χ4v) is 0.990. The van der Waals surface area contributed by atoms with E-state index in [0.29, 0.717) is 5.69 Å². The SMILES string of the molecule is Cc1[nH]cnc1CNCC(F)(F)C(F)F. The number of nitrogens with zero attached hydrogens (tertiary/aromatic N) is 1. The van der Waals surface area contributed by atoms with E-state index in [4.69, 9.17) is 0 Å². The molecule has 0 fully saturated rings. The molecule has 0 radical (unpaired) electrons. The Balaban J connectivity index is 2.37. The highest BCUT2D eigenvalue weighted by atomic mass is 19.3. The van der Waals surface area contributed by atoms with Gasteiger partial charge in [-0.2, -0.15) is 8.78 Å². The molecule has 3 nitrogen and oxygen atoms in total. The van der Waals surface area contributed by atoms with E-state index in [2.05, 4.69) is 15.3 Å². The molecule has 0 saturated carbocycles. The first-order valence-corrected chi connectivity index (χ1v) is 4.29. The molecule has 0 saturated heterocycles. The molecule has 0 spiro atoms. The molecule has 0 bridgehead atoms. The van der Waals surface area contributed by atoms with Crippen molar-refractivity contribution in [1.29, 1.82) is 0 Å². The molecule has 0 atom stereocenters. The Morgan fingerprint density at radius 3 is 2.67 bits per heavy atom. The minimum absolute atomic E-state index is 0.0393. The standard InChI is InChI=1S/C8H11F4N3/c1-5-6(15-4-14-5)2-13-3-8(11,12)7(9)10/h4,7,13H,2-3H2,1H3,(H,14,15). The molecular formula is C8H11F4N3. The highest BCUT2D eigenvalue weighted by molar-refractivity contribution is 5.07. The van der Waals surface area contributed by atoms with Crippen molar-refractivity contribution in [3.8, 4) is 0 Å². The first-order valence-electron chi connectivity index (χ1n) is 4.29. The average Bonchev–Trinajstić information content (AvgIpc) is 2.51. The van der Waals surface area contributed by atoms with Gasteiger partial charge in [0, 0.05) is 12.2 Å². The highest BCUT2D eigenvalue weighted by Crippen LogP contribution is 2.21. The quantitative estimate of drug-likeness (QED) is 0.749. The number of aryl methyl sites for hydroxylation is 1. The minimum atomic E-state index is -4.00. The van der Waals surface area contributed by atoms with Crippen LogP contribution in [0.25, 0.3) is 0 Å². The van der Waals surface area contributed by atoms with Gasteiger partial charge in [-0.05, 0) is 6.92 Å². The van der Waals surface area contributed by atoms with Crippen molar-refractivity contribution in [2.75, 3.05) is 6.54 Å². The van der Waals surface area contributed by atoms with Gasteiger partial charge in [0.1, 0.15) is 0 Å². The molecule has 0 aliphatic carbocycles. The van der Waals surface area contributed by atoms with Crippen molar-refractivity contribution in [1.82, 2.24) is 15.3 Å². The van der Waals surface area contributed by atoms with E-state index in [9.17, 15) is 17.6 Å². The summed E-state index contributed by atoms with van der Waals surface area (Å²) in [6.45, 7) is 0.698. The summed E-state index contributed by atoms with van der Waals surface area (Å²) in [5.74, 6) is -4.00. The smallest absolute Gasteiger partial charge is 0.319 e. The predicted octanol–water partition coefficient (Wildman–Crippen LogP) is 1.71. The van der Waals surface area contributed by atoms with E-state index in [1.54, 1.807) is 6.92 Å². The first kappa shape index (κ1) is 12.0. The maximum atomic E-state index is 12.4. The Morgan fingerprint density at radius 2 is 2.20 bits per heavy atom. The lowest BCUT2D eigenvalue weighted by molar-refractivity contribution is -0.125. The van der Waals surface area contributed by atoms with Crippen molar-refractivity contribution in [3.05, 3.63) is 17.7 Å². The van der Waals surface area contributed by atoms with Gasteiger partial charge in [-0.1, -0.05) is 0 Å². The number of nitrogens with one attached hydrogen (secondary N) is 2. The number of rotatable bonds is 5. The number of hydrogen-bond acceptors (Lipinski definition) is 2. The Bertz CT molecular complexity index is 311. The molecule has 0 aliphatic heterocycles. The summed E-state index contributed by atoms with van der Waals surface area (Å²) in [7, 11) is 0. The third-order valence-corrected chi connectivity index (χ3v) is 1.91. The van der Waals surface area contributed by atoms with Gasteiger partial charge < -0.3 is 10.3 Å². The van der Waals surface area contributed by atoms with Crippen molar-refractivity contribution in [2.45, 2.75) is 25.8 Å². The maximum absolute atomic E-state index is 12.4.